The maximum Gasteiger partial charge on any atom is 0.222 e. The second kappa shape index (κ2) is 7.01. The van der Waals surface area contributed by atoms with Crippen molar-refractivity contribution in [3.05, 3.63) is 89.0 Å². The molecule has 1 N–H and O–H groups in total. The Morgan fingerprint density at radius 2 is 1.25 bits per heavy atom. The van der Waals surface area contributed by atoms with Crippen LogP contribution in [0.15, 0.2) is 66.7 Å². The first-order chi connectivity index (χ1) is 13.4. The molecule has 3 nitrogen and oxygen atoms in total. The molecule has 0 aliphatic heterocycles. The van der Waals surface area contributed by atoms with Crippen molar-refractivity contribution in [3.63, 3.8) is 0 Å². The van der Waals surface area contributed by atoms with Crippen LogP contribution in [0.2, 0.25) is 0 Å². The molecule has 3 heteroatoms. The van der Waals surface area contributed by atoms with E-state index in [0.717, 1.165) is 28.1 Å². The molecule has 0 bridgehead atoms. The predicted molar refractivity (Wildman–Crippen MR) is 115 cm³/mol. The number of nitrogens with zero attached hydrogens (tertiary/aromatic N) is 2. The van der Waals surface area contributed by atoms with Gasteiger partial charge in [-0.15, -0.1) is 0 Å². The molecule has 0 unspecified atom stereocenters. The molecule has 140 valence electrons. The normalized spacial score (nSPS) is 11.0. The van der Waals surface area contributed by atoms with Gasteiger partial charge in [-0.3, -0.25) is 0 Å². The van der Waals surface area contributed by atoms with E-state index in [0.29, 0.717) is 0 Å². The largest absolute Gasteiger partial charge is 0.493 e. The first-order valence-electron chi connectivity index (χ1n) is 9.48. The Bertz CT molecular complexity index is 1140. The lowest BCUT2D eigenvalue weighted by atomic mass is 10.00. The highest BCUT2D eigenvalue weighted by atomic mass is 16.3. The fourth-order valence-corrected chi connectivity index (χ4v) is 3.35. The summed E-state index contributed by atoms with van der Waals surface area (Å²) in [6.07, 6.45) is 0. The highest BCUT2D eigenvalue weighted by Crippen LogP contribution is 2.40. The van der Waals surface area contributed by atoms with Crippen molar-refractivity contribution in [3.8, 4) is 34.0 Å². The summed E-state index contributed by atoms with van der Waals surface area (Å²) in [5.74, 6) is 0.155. The number of rotatable bonds is 3. The van der Waals surface area contributed by atoms with Crippen LogP contribution in [0.1, 0.15) is 22.3 Å². The van der Waals surface area contributed by atoms with E-state index in [4.69, 9.17) is 5.10 Å². The molecule has 0 radical (unpaired) electrons. The lowest BCUT2D eigenvalue weighted by Crippen LogP contribution is -1.97. The molecule has 0 aliphatic rings. The van der Waals surface area contributed by atoms with E-state index in [-0.39, 0.29) is 5.88 Å². The van der Waals surface area contributed by atoms with E-state index >= 15 is 0 Å². The topological polar surface area (TPSA) is 38.0 Å². The van der Waals surface area contributed by atoms with Gasteiger partial charge < -0.3 is 5.11 Å². The second-order valence-electron chi connectivity index (χ2n) is 7.46. The van der Waals surface area contributed by atoms with Crippen LogP contribution in [0.5, 0.6) is 5.88 Å². The van der Waals surface area contributed by atoms with Crippen LogP contribution < -0.4 is 0 Å². The lowest BCUT2D eigenvalue weighted by molar-refractivity contribution is 0.435. The fraction of sp³-hybridized carbons (Fsp3) is 0.160. The Balaban J connectivity index is 1.96. The van der Waals surface area contributed by atoms with Gasteiger partial charge in [-0.1, -0.05) is 65.7 Å². The molecule has 0 aliphatic carbocycles. The summed E-state index contributed by atoms with van der Waals surface area (Å²) < 4.78 is 1.64. The van der Waals surface area contributed by atoms with Gasteiger partial charge in [-0.05, 0) is 56.5 Å². The average Bonchev–Trinajstić information content (AvgIpc) is 3.02. The van der Waals surface area contributed by atoms with Crippen molar-refractivity contribution in [1.29, 1.82) is 0 Å². The summed E-state index contributed by atoms with van der Waals surface area (Å²) in [5, 5.41) is 16.0. The van der Waals surface area contributed by atoms with Gasteiger partial charge in [0.2, 0.25) is 5.88 Å². The summed E-state index contributed by atoms with van der Waals surface area (Å²) in [6.45, 7) is 8.28. The van der Waals surface area contributed by atoms with Crippen LogP contribution in [-0.2, 0) is 0 Å². The Labute approximate surface area is 165 Å². The van der Waals surface area contributed by atoms with Crippen LogP contribution in [0.3, 0.4) is 0 Å². The molecule has 0 fully saturated rings. The summed E-state index contributed by atoms with van der Waals surface area (Å²) in [5.41, 5.74) is 9.08. The fourth-order valence-electron chi connectivity index (χ4n) is 3.35. The van der Waals surface area contributed by atoms with Crippen LogP contribution in [0.4, 0.5) is 0 Å². The van der Waals surface area contributed by atoms with Crippen molar-refractivity contribution < 1.29 is 5.11 Å². The first-order valence-corrected chi connectivity index (χ1v) is 9.48. The van der Waals surface area contributed by atoms with E-state index in [9.17, 15) is 5.11 Å². The highest BCUT2D eigenvalue weighted by molar-refractivity contribution is 5.85. The van der Waals surface area contributed by atoms with Crippen molar-refractivity contribution in [2.24, 2.45) is 0 Å². The molecule has 4 aromatic rings. The van der Waals surface area contributed by atoms with E-state index in [1.807, 2.05) is 18.2 Å². The van der Waals surface area contributed by atoms with Gasteiger partial charge in [-0.25, -0.2) is 4.68 Å². The van der Waals surface area contributed by atoms with Crippen LogP contribution in [-0.4, -0.2) is 14.9 Å². The smallest absolute Gasteiger partial charge is 0.222 e. The van der Waals surface area contributed by atoms with Crippen molar-refractivity contribution in [2.75, 3.05) is 0 Å². The standard InChI is InChI=1S/C25H24N2O/c1-16-5-10-20(11-6-16)23-24(21-12-7-17(2)8-13-21)26-27(25(23)28)22-14-9-18(3)19(4)15-22/h5-15,28H,1-4H3. The van der Waals surface area contributed by atoms with E-state index < -0.39 is 0 Å². The zero-order valence-corrected chi connectivity index (χ0v) is 16.7. The maximum absolute atomic E-state index is 11.2. The zero-order chi connectivity index (χ0) is 19.8. The summed E-state index contributed by atoms with van der Waals surface area (Å²) >= 11 is 0. The van der Waals surface area contributed by atoms with Gasteiger partial charge in [-0.2, -0.15) is 5.10 Å². The minimum Gasteiger partial charge on any atom is -0.493 e. The third kappa shape index (κ3) is 3.20. The second-order valence-corrected chi connectivity index (χ2v) is 7.46. The molecule has 0 spiro atoms. The molecular weight excluding hydrogens is 344 g/mol. The Hall–Kier alpha value is -3.33. The quantitative estimate of drug-likeness (QED) is 0.471. The van der Waals surface area contributed by atoms with Gasteiger partial charge in [0.25, 0.3) is 0 Å². The van der Waals surface area contributed by atoms with E-state index in [2.05, 4.69) is 76.2 Å². The number of aryl methyl sites for hydroxylation is 4. The number of benzene rings is 3. The first kappa shape index (κ1) is 18.1. The van der Waals surface area contributed by atoms with Crippen LogP contribution in [0.25, 0.3) is 28.1 Å². The van der Waals surface area contributed by atoms with Gasteiger partial charge in [0, 0.05) is 5.56 Å². The molecule has 3 aromatic carbocycles. The molecule has 0 atom stereocenters. The third-order valence-corrected chi connectivity index (χ3v) is 5.26. The number of aromatic hydroxyl groups is 1. The maximum atomic E-state index is 11.2. The molecule has 0 amide bonds. The minimum absolute atomic E-state index is 0.155. The molecule has 1 heterocycles. The zero-order valence-electron chi connectivity index (χ0n) is 16.7. The predicted octanol–water partition coefficient (Wildman–Crippen LogP) is 6.15. The lowest BCUT2D eigenvalue weighted by Gasteiger charge is -2.07. The van der Waals surface area contributed by atoms with Crippen LogP contribution in [0, 0.1) is 27.7 Å². The molecular formula is C25H24N2O. The molecule has 28 heavy (non-hydrogen) atoms. The summed E-state index contributed by atoms with van der Waals surface area (Å²) in [6, 6.07) is 22.5. The Morgan fingerprint density at radius 3 is 1.82 bits per heavy atom. The van der Waals surface area contributed by atoms with Gasteiger partial charge in [0.15, 0.2) is 0 Å². The van der Waals surface area contributed by atoms with Gasteiger partial charge >= 0.3 is 0 Å². The highest BCUT2D eigenvalue weighted by Gasteiger charge is 2.21. The van der Waals surface area contributed by atoms with Crippen LogP contribution >= 0.6 is 0 Å². The molecule has 4 rings (SSSR count). The monoisotopic (exact) mass is 368 g/mol. The SMILES string of the molecule is Cc1ccc(-c2nn(-c3ccc(C)c(C)c3)c(O)c2-c2ccc(C)cc2)cc1. The molecule has 0 saturated heterocycles. The third-order valence-electron chi connectivity index (χ3n) is 5.26. The molecule has 0 saturated carbocycles. The number of aromatic nitrogens is 2. The van der Waals surface area contributed by atoms with Gasteiger partial charge in [0.1, 0.15) is 5.69 Å². The van der Waals surface area contributed by atoms with Crippen molar-refractivity contribution >= 4 is 0 Å². The minimum atomic E-state index is 0.155. The Kier molecular flexibility index (Phi) is 4.52. The Morgan fingerprint density at radius 1 is 0.679 bits per heavy atom. The average molecular weight is 368 g/mol. The molecule has 1 aromatic heterocycles. The van der Waals surface area contributed by atoms with Gasteiger partial charge in [0.05, 0.1) is 11.3 Å². The number of hydrogen-bond acceptors (Lipinski definition) is 2. The number of hydrogen-bond donors (Lipinski definition) is 1. The van der Waals surface area contributed by atoms with E-state index in [1.54, 1.807) is 4.68 Å². The van der Waals surface area contributed by atoms with Crippen molar-refractivity contribution in [1.82, 2.24) is 9.78 Å². The van der Waals surface area contributed by atoms with Crippen molar-refractivity contribution in [2.45, 2.75) is 27.7 Å². The summed E-state index contributed by atoms with van der Waals surface area (Å²) in [7, 11) is 0. The summed E-state index contributed by atoms with van der Waals surface area (Å²) in [4.78, 5) is 0. The van der Waals surface area contributed by atoms with E-state index in [1.165, 1.54) is 22.3 Å².